The van der Waals surface area contributed by atoms with E-state index in [4.69, 9.17) is 5.84 Å². The van der Waals surface area contributed by atoms with Gasteiger partial charge in [-0.3, -0.25) is 0 Å². The Kier molecular flexibility index (Phi) is 6.94. The van der Waals surface area contributed by atoms with Gasteiger partial charge in [0.2, 0.25) is 0 Å². The molecule has 0 fully saturated rings. The molecule has 0 radical (unpaired) electrons. The number of hydrogen-bond donors (Lipinski definition) is 3. The van der Waals surface area contributed by atoms with Crippen molar-refractivity contribution in [2.45, 2.75) is 46.1 Å². The molecule has 1 aromatic heterocycles. The molecule has 4 N–H and O–H groups in total. The molecule has 1 aromatic rings. The van der Waals surface area contributed by atoms with E-state index >= 15 is 0 Å². The number of nitrogen functional groups attached to an aromatic ring is 1. The number of nitrogens with two attached hydrogens (primary N) is 1. The second-order valence-corrected chi connectivity index (χ2v) is 6.22. The van der Waals surface area contributed by atoms with Crippen LogP contribution < -0.4 is 16.6 Å². The number of nitrogens with one attached hydrogen (secondary N) is 2. The van der Waals surface area contributed by atoms with Crippen LogP contribution in [0.3, 0.4) is 0 Å². The number of aromatic nitrogens is 2. The Balaban J connectivity index is 2.68. The maximum atomic E-state index is 5.45. The van der Waals surface area contributed by atoms with Crippen molar-refractivity contribution in [1.29, 1.82) is 0 Å². The fourth-order valence-electron chi connectivity index (χ4n) is 1.60. The Morgan fingerprint density at radius 2 is 1.95 bits per heavy atom. The first-order chi connectivity index (χ1) is 9.06. The molecule has 1 heterocycles. The van der Waals surface area contributed by atoms with Crippen molar-refractivity contribution in [3.05, 3.63) is 11.9 Å². The average Bonchev–Trinajstić information content (AvgIpc) is 2.38. The summed E-state index contributed by atoms with van der Waals surface area (Å²) in [6.45, 7) is 8.49. The van der Waals surface area contributed by atoms with Gasteiger partial charge in [0, 0.05) is 18.0 Å². The van der Waals surface area contributed by atoms with E-state index in [2.05, 4.69) is 48.4 Å². The van der Waals surface area contributed by atoms with E-state index in [0.717, 1.165) is 23.8 Å². The van der Waals surface area contributed by atoms with E-state index in [0.29, 0.717) is 11.9 Å². The summed E-state index contributed by atoms with van der Waals surface area (Å²) >= 11 is 1.96. The molecule has 0 aliphatic rings. The summed E-state index contributed by atoms with van der Waals surface area (Å²) in [4.78, 5) is 8.87. The standard InChI is InChI=1S/C13H25N5S/c1-5-19-7-6-10(4)15-11-8-12(18-14)17-13(16-11)9(2)3/h8-10H,5-7,14H2,1-4H3,(H2,15,16,17,18). The summed E-state index contributed by atoms with van der Waals surface area (Å²) in [6, 6.07) is 2.23. The van der Waals surface area contributed by atoms with Gasteiger partial charge < -0.3 is 10.7 Å². The predicted octanol–water partition coefficient (Wildman–Crippen LogP) is 2.83. The summed E-state index contributed by atoms with van der Waals surface area (Å²) < 4.78 is 0. The van der Waals surface area contributed by atoms with Gasteiger partial charge in [-0.05, 0) is 24.9 Å². The van der Waals surface area contributed by atoms with E-state index in [9.17, 15) is 0 Å². The van der Waals surface area contributed by atoms with Crippen LogP contribution >= 0.6 is 11.8 Å². The van der Waals surface area contributed by atoms with Crippen molar-refractivity contribution in [3.8, 4) is 0 Å². The molecule has 0 spiro atoms. The fourth-order valence-corrected chi connectivity index (χ4v) is 2.41. The topological polar surface area (TPSA) is 75.9 Å². The number of thioether (sulfide) groups is 1. The van der Waals surface area contributed by atoms with Crippen molar-refractivity contribution in [2.75, 3.05) is 22.2 Å². The quantitative estimate of drug-likeness (QED) is 0.387. The van der Waals surface area contributed by atoms with Crippen molar-refractivity contribution in [3.63, 3.8) is 0 Å². The summed E-state index contributed by atoms with van der Waals surface area (Å²) in [5.74, 6) is 10.3. The lowest BCUT2D eigenvalue weighted by Gasteiger charge is -2.16. The van der Waals surface area contributed by atoms with Gasteiger partial charge >= 0.3 is 0 Å². The van der Waals surface area contributed by atoms with Crippen molar-refractivity contribution in [2.24, 2.45) is 5.84 Å². The Labute approximate surface area is 120 Å². The Morgan fingerprint density at radius 3 is 2.53 bits per heavy atom. The van der Waals surface area contributed by atoms with Crippen LogP contribution in [0.1, 0.15) is 45.9 Å². The Morgan fingerprint density at radius 1 is 1.26 bits per heavy atom. The van der Waals surface area contributed by atoms with Gasteiger partial charge in [0.25, 0.3) is 0 Å². The van der Waals surface area contributed by atoms with Gasteiger partial charge in [0.1, 0.15) is 17.5 Å². The number of anilines is 2. The third-order valence-electron chi connectivity index (χ3n) is 2.70. The highest BCUT2D eigenvalue weighted by molar-refractivity contribution is 7.99. The predicted molar refractivity (Wildman–Crippen MR) is 84.6 cm³/mol. The molecule has 0 saturated heterocycles. The zero-order valence-electron chi connectivity index (χ0n) is 12.2. The normalized spacial score (nSPS) is 12.5. The number of hydrazine groups is 1. The molecule has 1 unspecified atom stereocenters. The monoisotopic (exact) mass is 283 g/mol. The lowest BCUT2D eigenvalue weighted by molar-refractivity contribution is 0.746. The van der Waals surface area contributed by atoms with Gasteiger partial charge in [-0.1, -0.05) is 20.8 Å². The van der Waals surface area contributed by atoms with Gasteiger partial charge in [-0.15, -0.1) is 0 Å². The maximum Gasteiger partial charge on any atom is 0.145 e. The van der Waals surface area contributed by atoms with Crippen molar-refractivity contribution < 1.29 is 0 Å². The Bertz CT molecular complexity index is 383. The van der Waals surface area contributed by atoms with Crippen LogP contribution in [0.25, 0.3) is 0 Å². The maximum absolute atomic E-state index is 5.45. The minimum Gasteiger partial charge on any atom is -0.367 e. The average molecular weight is 283 g/mol. The molecule has 1 atom stereocenters. The molecule has 0 aliphatic carbocycles. The number of hydrogen-bond acceptors (Lipinski definition) is 6. The molecule has 0 aromatic carbocycles. The molecular weight excluding hydrogens is 258 g/mol. The summed E-state index contributed by atoms with van der Waals surface area (Å²) in [5.41, 5.74) is 2.59. The van der Waals surface area contributed by atoms with E-state index in [-0.39, 0.29) is 5.92 Å². The second kappa shape index (κ2) is 8.22. The molecule has 0 bridgehead atoms. The highest BCUT2D eigenvalue weighted by Crippen LogP contribution is 2.17. The lowest BCUT2D eigenvalue weighted by Crippen LogP contribution is -2.19. The zero-order valence-corrected chi connectivity index (χ0v) is 13.0. The molecule has 108 valence electrons. The number of nitrogens with zero attached hydrogens (tertiary/aromatic N) is 2. The first kappa shape index (κ1) is 16.0. The van der Waals surface area contributed by atoms with Gasteiger partial charge in [0.05, 0.1) is 0 Å². The van der Waals surface area contributed by atoms with Crippen LogP contribution in [0.5, 0.6) is 0 Å². The zero-order chi connectivity index (χ0) is 14.3. The van der Waals surface area contributed by atoms with Gasteiger partial charge in [-0.25, -0.2) is 15.8 Å². The second-order valence-electron chi connectivity index (χ2n) is 4.83. The van der Waals surface area contributed by atoms with E-state index in [1.807, 2.05) is 17.8 Å². The van der Waals surface area contributed by atoms with Gasteiger partial charge in [0.15, 0.2) is 0 Å². The van der Waals surface area contributed by atoms with Crippen LogP contribution in [-0.4, -0.2) is 27.5 Å². The van der Waals surface area contributed by atoms with Crippen LogP contribution in [-0.2, 0) is 0 Å². The first-order valence-corrected chi connectivity index (χ1v) is 7.92. The highest BCUT2D eigenvalue weighted by atomic mass is 32.2. The SMILES string of the molecule is CCSCCC(C)Nc1cc(NN)nc(C(C)C)n1. The molecule has 5 nitrogen and oxygen atoms in total. The summed E-state index contributed by atoms with van der Waals surface area (Å²) in [6.07, 6.45) is 1.12. The van der Waals surface area contributed by atoms with Crippen molar-refractivity contribution >= 4 is 23.4 Å². The first-order valence-electron chi connectivity index (χ1n) is 6.76. The number of rotatable bonds is 8. The Hall–Kier alpha value is -1.01. The van der Waals surface area contributed by atoms with E-state index < -0.39 is 0 Å². The van der Waals surface area contributed by atoms with Crippen molar-refractivity contribution in [1.82, 2.24) is 9.97 Å². The summed E-state index contributed by atoms with van der Waals surface area (Å²) in [5, 5.41) is 3.41. The molecule has 1 rings (SSSR count). The minimum atomic E-state index is 0.278. The van der Waals surface area contributed by atoms with Crippen LogP contribution in [0.2, 0.25) is 0 Å². The third-order valence-corrected chi connectivity index (χ3v) is 3.63. The summed E-state index contributed by atoms with van der Waals surface area (Å²) in [7, 11) is 0. The minimum absolute atomic E-state index is 0.278. The molecular formula is C13H25N5S. The van der Waals surface area contributed by atoms with Crippen LogP contribution in [0.15, 0.2) is 6.07 Å². The molecule has 19 heavy (non-hydrogen) atoms. The molecule has 0 saturated carbocycles. The van der Waals surface area contributed by atoms with Gasteiger partial charge in [-0.2, -0.15) is 11.8 Å². The van der Waals surface area contributed by atoms with E-state index in [1.54, 1.807) is 0 Å². The fraction of sp³-hybridized carbons (Fsp3) is 0.692. The molecule has 0 aliphatic heterocycles. The van der Waals surface area contributed by atoms with E-state index in [1.165, 1.54) is 5.75 Å². The smallest absolute Gasteiger partial charge is 0.145 e. The third kappa shape index (κ3) is 5.65. The highest BCUT2D eigenvalue weighted by Gasteiger charge is 2.09. The van der Waals surface area contributed by atoms with Crippen LogP contribution in [0.4, 0.5) is 11.6 Å². The largest absolute Gasteiger partial charge is 0.367 e. The lowest BCUT2D eigenvalue weighted by atomic mass is 10.2. The molecule has 6 heteroatoms. The molecule has 0 amide bonds. The van der Waals surface area contributed by atoms with Crippen LogP contribution in [0, 0.1) is 0 Å².